The molecule has 0 heterocycles. The average Bonchev–Trinajstić information content (AvgIpc) is 2.01. The van der Waals surface area contributed by atoms with Crippen LogP contribution in [0.1, 0.15) is 34.1 Å². The first-order valence-corrected chi connectivity index (χ1v) is 8.27. The molecular weight excluding hydrogens is 204 g/mol. The van der Waals surface area contributed by atoms with Crippen LogP contribution in [0.4, 0.5) is 0 Å². The molecule has 0 spiro atoms. The third kappa shape index (κ3) is 4.83. The number of terminal acetylenes is 1. The minimum atomic E-state index is -1.70. The van der Waals surface area contributed by atoms with Crippen LogP contribution in [0.3, 0.4) is 0 Å². The SMILES string of the molecule is C#CC(C)(O)CCO[Si](C)(C)C(C)(C)C. The second-order valence-corrected chi connectivity index (χ2v) is 10.6. The Kier molecular flexibility index (Phi) is 4.60. The topological polar surface area (TPSA) is 29.5 Å². The Balaban J connectivity index is 4.15. The lowest BCUT2D eigenvalue weighted by atomic mass is 10.1. The molecule has 0 aromatic rings. The minimum absolute atomic E-state index is 0.203. The lowest BCUT2D eigenvalue weighted by Gasteiger charge is -2.36. The standard InChI is InChI=1S/C12H24O2Si/c1-8-12(5,13)9-10-14-15(6,7)11(2,3)4/h1,13H,9-10H2,2-7H3. The fraction of sp³-hybridized carbons (Fsp3) is 0.833. The van der Waals surface area contributed by atoms with Gasteiger partial charge in [0, 0.05) is 13.0 Å². The van der Waals surface area contributed by atoms with Crippen LogP contribution in [0.15, 0.2) is 0 Å². The van der Waals surface area contributed by atoms with Crippen molar-refractivity contribution in [2.75, 3.05) is 6.61 Å². The molecule has 0 saturated heterocycles. The zero-order valence-corrected chi connectivity index (χ0v) is 11.8. The maximum Gasteiger partial charge on any atom is 0.191 e. The molecule has 15 heavy (non-hydrogen) atoms. The summed E-state index contributed by atoms with van der Waals surface area (Å²) >= 11 is 0. The molecule has 2 nitrogen and oxygen atoms in total. The maximum absolute atomic E-state index is 9.62. The molecule has 0 aromatic carbocycles. The van der Waals surface area contributed by atoms with Crippen molar-refractivity contribution in [2.45, 2.75) is 57.8 Å². The van der Waals surface area contributed by atoms with Gasteiger partial charge in [0.05, 0.1) is 0 Å². The number of hydrogen-bond acceptors (Lipinski definition) is 2. The van der Waals surface area contributed by atoms with E-state index in [4.69, 9.17) is 10.8 Å². The smallest absolute Gasteiger partial charge is 0.191 e. The van der Waals surface area contributed by atoms with Crippen LogP contribution in [0.2, 0.25) is 18.1 Å². The van der Waals surface area contributed by atoms with Gasteiger partial charge >= 0.3 is 0 Å². The minimum Gasteiger partial charge on any atom is -0.417 e. The van der Waals surface area contributed by atoms with Crippen LogP contribution >= 0.6 is 0 Å². The van der Waals surface area contributed by atoms with Crippen LogP contribution in [0.25, 0.3) is 0 Å². The van der Waals surface area contributed by atoms with E-state index < -0.39 is 13.9 Å². The molecule has 0 aliphatic carbocycles. The summed E-state index contributed by atoms with van der Waals surface area (Å²) in [5.74, 6) is 2.36. The molecule has 0 aromatic heterocycles. The first-order valence-electron chi connectivity index (χ1n) is 5.36. The normalized spacial score (nSPS) is 16.9. The third-order valence-corrected chi connectivity index (χ3v) is 7.71. The second kappa shape index (κ2) is 4.69. The quantitative estimate of drug-likeness (QED) is 0.592. The predicted octanol–water partition coefficient (Wildman–Crippen LogP) is 2.78. The van der Waals surface area contributed by atoms with Crippen molar-refractivity contribution < 1.29 is 9.53 Å². The lowest BCUT2D eigenvalue weighted by Crippen LogP contribution is -2.42. The Bertz CT molecular complexity index is 243. The van der Waals surface area contributed by atoms with Crippen molar-refractivity contribution in [1.29, 1.82) is 0 Å². The predicted molar refractivity (Wildman–Crippen MR) is 67.2 cm³/mol. The first kappa shape index (κ1) is 14.7. The highest BCUT2D eigenvalue weighted by atomic mass is 28.4. The average molecular weight is 228 g/mol. The Labute approximate surface area is 95.2 Å². The summed E-state index contributed by atoms with van der Waals surface area (Å²) in [6, 6.07) is 0. The van der Waals surface area contributed by atoms with Gasteiger partial charge in [0.25, 0.3) is 0 Å². The summed E-state index contributed by atoms with van der Waals surface area (Å²) in [6.45, 7) is 13.1. The molecule has 0 aliphatic heterocycles. The van der Waals surface area contributed by atoms with Gasteiger partial charge in [0.1, 0.15) is 5.60 Å². The Morgan fingerprint density at radius 1 is 1.27 bits per heavy atom. The molecule has 1 N–H and O–H groups in total. The van der Waals surface area contributed by atoms with Crippen molar-refractivity contribution in [2.24, 2.45) is 0 Å². The number of hydrogen-bond donors (Lipinski definition) is 1. The van der Waals surface area contributed by atoms with Crippen LogP contribution < -0.4 is 0 Å². The van der Waals surface area contributed by atoms with Crippen LogP contribution in [0, 0.1) is 12.3 Å². The number of aliphatic hydroxyl groups is 1. The Morgan fingerprint density at radius 2 is 1.73 bits per heavy atom. The van der Waals surface area contributed by atoms with E-state index >= 15 is 0 Å². The van der Waals surface area contributed by atoms with E-state index in [1.165, 1.54) is 0 Å². The summed E-state index contributed by atoms with van der Waals surface area (Å²) in [4.78, 5) is 0. The molecule has 0 saturated carbocycles. The molecule has 0 rings (SSSR count). The van der Waals surface area contributed by atoms with E-state index in [1.807, 2.05) is 0 Å². The van der Waals surface area contributed by atoms with E-state index in [9.17, 15) is 5.11 Å². The van der Waals surface area contributed by atoms with Crippen LogP contribution in [-0.4, -0.2) is 25.6 Å². The number of rotatable bonds is 4. The zero-order valence-electron chi connectivity index (χ0n) is 10.8. The van der Waals surface area contributed by atoms with Gasteiger partial charge in [-0.15, -0.1) is 6.42 Å². The fourth-order valence-corrected chi connectivity index (χ4v) is 1.84. The van der Waals surface area contributed by atoms with E-state index in [2.05, 4.69) is 39.8 Å². The molecule has 3 heteroatoms. The molecule has 0 aliphatic rings. The molecule has 0 radical (unpaired) electrons. The fourth-order valence-electron chi connectivity index (χ4n) is 0.794. The van der Waals surface area contributed by atoms with Gasteiger partial charge in [0.2, 0.25) is 0 Å². The highest BCUT2D eigenvalue weighted by molar-refractivity contribution is 6.74. The van der Waals surface area contributed by atoms with Crippen molar-refractivity contribution in [1.82, 2.24) is 0 Å². The molecule has 0 fully saturated rings. The van der Waals surface area contributed by atoms with E-state index in [1.54, 1.807) is 6.92 Å². The van der Waals surface area contributed by atoms with Crippen molar-refractivity contribution >= 4 is 8.32 Å². The maximum atomic E-state index is 9.62. The van der Waals surface area contributed by atoms with Gasteiger partial charge in [-0.1, -0.05) is 26.7 Å². The van der Waals surface area contributed by atoms with Crippen molar-refractivity contribution in [3.63, 3.8) is 0 Å². The summed E-state index contributed by atoms with van der Waals surface area (Å²) in [7, 11) is -1.70. The van der Waals surface area contributed by atoms with E-state index in [0.717, 1.165) is 0 Å². The molecule has 88 valence electrons. The summed E-state index contributed by atoms with van der Waals surface area (Å²) in [6.07, 6.45) is 5.69. The zero-order chi connectivity index (χ0) is 12.3. The highest BCUT2D eigenvalue weighted by Crippen LogP contribution is 2.36. The molecular formula is C12H24O2Si. The Morgan fingerprint density at radius 3 is 2.07 bits per heavy atom. The third-order valence-electron chi connectivity index (χ3n) is 3.17. The van der Waals surface area contributed by atoms with Gasteiger partial charge in [-0.2, -0.15) is 0 Å². The van der Waals surface area contributed by atoms with E-state index in [0.29, 0.717) is 13.0 Å². The monoisotopic (exact) mass is 228 g/mol. The molecule has 1 atom stereocenters. The summed E-state index contributed by atoms with van der Waals surface area (Å²) < 4.78 is 5.91. The van der Waals surface area contributed by atoms with Crippen LogP contribution in [0.5, 0.6) is 0 Å². The summed E-state index contributed by atoms with van der Waals surface area (Å²) in [5, 5.41) is 9.83. The van der Waals surface area contributed by atoms with Gasteiger partial charge in [-0.25, -0.2) is 0 Å². The van der Waals surface area contributed by atoms with Crippen molar-refractivity contribution in [3.05, 3.63) is 0 Å². The van der Waals surface area contributed by atoms with Gasteiger partial charge in [-0.3, -0.25) is 0 Å². The largest absolute Gasteiger partial charge is 0.417 e. The van der Waals surface area contributed by atoms with Gasteiger partial charge < -0.3 is 9.53 Å². The second-order valence-electron chi connectivity index (χ2n) is 5.78. The van der Waals surface area contributed by atoms with Gasteiger partial charge in [-0.05, 0) is 25.1 Å². The highest BCUT2D eigenvalue weighted by Gasteiger charge is 2.37. The van der Waals surface area contributed by atoms with Gasteiger partial charge in [0.15, 0.2) is 8.32 Å². The Hall–Kier alpha value is -0.303. The molecule has 0 amide bonds. The lowest BCUT2D eigenvalue weighted by molar-refractivity contribution is 0.0898. The van der Waals surface area contributed by atoms with Crippen molar-refractivity contribution in [3.8, 4) is 12.3 Å². The van der Waals surface area contributed by atoms with Crippen LogP contribution in [-0.2, 0) is 4.43 Å². The first-order chi connectivity index (χ1) is 6.52. The van der Waals surface area contributed by atoms with E-state index in [-0.39, 0.29) is 5.04 Å². The molecule has 0 bridgehead atoms. The summed E-state index contributed by atoms with van der Waals surface area (Å²) in [5.41, 5.74) is -1.04. The molecule has 1 unspecified atom stereocenters.